The van der Waals surface area contributed by atoms with Gasteiger partial charge >= 0.3 is 0 Å². The molecule has 0 unspecified atom stereocenters. The fraction of sp³-hybridized carbons (Fsp3) is 0. The van der Waals surface area contributed by atoms with Gasteiger partial charge in [0.2, 0.25) is 0 Å². The Labute approximate surface area is 445 Å². The Morgan fingerprint density at radius 2 is 0.577 bits per heavy atom. The standard InChI is InChI=1S/C74H42N4/c1-3-19-47(20-4-1)75-63-31-13-11-25-53(63)57-37-45(33-35-65(57)75)51-27-15-29-55-69-49-23-9-7-17-43(49)39-61-59-42-68-60(41-67(59)77(71(51)55)73(61)69)62-40-44-18-8-10-24-50(44)70-56-30-16-28-52(72(56)78(68)74(62)70)46-34-36-66-58(38-46)54-26-12-14-32-64(54)76(66)48-21-5-2-6-22-48/h1-42H. The van der Waals surface area contributed by atoms with Crippen LogP contribution in [0.3, 0.4) is 0 Å². The van der Waals surface area contributed by atoms with Gasteiger partial charge in [0.15, 0.2) is 0 Å². The van der Waals surface area contributed by atoms with Gasteiger partial charge in [-0.1, -0.05) is 170 Å². The maximum Gasteiger partial charge on any atom is 0.0627 e. The Hall–Kier alpha value is -10.4. The molecule has 0 amide bonds. The molecule has 19 aromatic rings. The molecule has 0 bridgehead atoms. The molecule has 0 spiro atoms. The highest BCUT2D eigenvalue weighted by Gasteiger charge is 2.27. The Balaban J connectivity index is 0.929. The molecule has 78 heavy (non-hydrogen) atoms. The summed E-state index contributed by atoms with van der Waals surface area (Å²) in [6.07, 6.45) is 0. The van der Waals surface area contributed by atoms with Gasteiger partial charge in [0.05, 0.1) is 55.2 Å². The minimum atomic E-state index is 1.16. The van der Waals surface area contributed by atoms with Gasteiger partial charge in [-0.2, -0.15) is 0 Å². The summed E-state index contributed by atoms with van der Waals surface area (Å²) in [6, 6.07) is 95.4. The van der Waals surface area contributed by atoms with Gasteiger partial charge in [0.25, 0.3) is 0 Å². The molecule has 0 saturated heterocycles. The van der Waals surface area contributed by atoms with E-state index in [1.54, 1.807) is 0 Å². The number of hydrogen-bond acceptors (Lipinski definition) is 0. The molecule has 4 heteroatoms. The first-order valence-corrected chi connectivity index (χ1v) is 27.1. The third-order valence-corrected chi connectivity index (χ3v) is 17.7. The summed E-state index contributed by atoms with van der Waals surface area (Å²) in [7, 11) is 0. The predicted molar refractivity (Wildman–Crippen MR) is 330 cm³/mol. The SMILES string of the molecule is c1ccc(-n2c3ccccc3c3cc(-c4cccc5c6c7ccccc7cc7c8cc9c(cc8n(c45)c76)c4cc5ccccc5c5c6cccc(-c7ccc8c(c7)c7ccccc7n8-c7ccccc7)c6n9c45)ccc32)cc1. The average molecular weight is 987 g/mol. The van der Waals surface area contributed by atoms with Gasteiger partial charge in [-0.15, -0.1) is 0 Å². The first kappa shape index (κ1) is 40.9. The molecule has 0 fully saturated rings. The fourth-order valence-corrected chi connectivity index (χ4v) is 14.6. The molecule has 13 aromatic carbocycles. The van der Waals surface area contributed by atoms with Crippen LogP contribution in [-0.2, 0) is 0 Å². The van der Waals surface area contributed by atoms with E-state index < -0.39 is 0 Å². The van der Waals surface area contributed by atoms with Crippen LogP contribution in [-0.4, -0.2) is 17.9 Å². The van der Waals surface area contributed by atoms with Crippen molar-refractivity contribution in [2.75, 3.05) is 0 Å². The lowest BCUT2D eigenvalue weighted by Crippen LogP contribution is -1.93. The monoisotopic (exact) mass is 986 g/mol. The van der Waals surface area contributed by atoms with Crippen molar-refractivity contribution in [3.05, 3.63) is 255 Å². The van der Waals surface area contributed by atoms with Crippen molar-refractivity contribution in [1.29, 1.82) is 0 Å². The number of rotatable bonds is 4. The lowest BCUT2D eigenvalue weighted by molar-refractivity contribution is 1.18. The molecule has 6 heterocycles. The second-order valence-electron chi connectivity index (χ2n) is 21.5. The highest BCUT2D eigenvalue weighted by atomic mass is 15.0. The van der Waals surface area contributed by atoms with Gasteiger partial charge in [0, 0.05) is 87.1 Å². The minimum Gasteiger partial charge on any atom is -0.309 e. The zero-order valence-electron chi connectivity index (χ0n) is 42.0. The minimum absolute atomic E-state index is 1.16. The van der Waals surface area contributed by atoms with Crippen LogP contribution < -0.4 is 0 Å². The van der Waals surface area contributed by atoms with E-state index in [1.807, 2.05) is 0 Å². The van der Waals surface area contributed by atoms with Crippen LogP contribution in [0.15, 0.2) is 255 Å². The highest BCUT2D eigenvalue weighted by Crippen LogP contribution is 2.51. The molecule has 0 radical (unpaired) electrons. The summed E-state index contributed by atoms with van der Waals surface area (Å²) in [5.41, 5.74) is 19.5. The highest BCUT2D eigenvalue weighted by molar-refractivity contribution is 6.37. The number of aromatic nitrogens is 4. The summed E-state index contributed by atoms with van der Waals surface area (Å²) in [5.74, 6) is 0. The molecule has 19 rings (SSSR count). The zero-order chi connectivity index (χ0) is 50.5. The maximum absolute atomic E-state index is 2.63. The van der Waals surface area contributed by atoms with Crippen LogP contribution in [0.2, 0.25) is 0 Å². The molecule has 4 nitrogen and oxygen atoms in total. The summed E-state index contributed by atoms with van der Waals surface area (Å²) in [6.45, 7) is 0. The summed E-state index contributed by atoms with van der Waals surface area (Å²) in [4.78, 5) is 0. The van der Waals surface area contributed by atoms with Crippen LogP contribution >= 0.6 is 0 Å². The van der Waals surface area contributed by atoms with E-state index in [4.69, 9.17) is 0 Å². The smallest absolute Gasteiger partial charge is 0.0627 e. The second-order valence-corrected chi connectivity index (χ2v) is 21.5. The topological polar surface area (TPSA) is 18.7 Å². The van der Waals surface area contributed by atoms with Gasteiger partial charge in [0.1, 0.15) is 0 Å². The molecule has 0 aliphatic rings. The molecule has 0 N–H and O–H groups in total. The summed E-state index contributed by atoms with van der Waals surface area (Å²) >= 11 is 0. The lowest BCUT2D eigenvalue weighted by Gasteiger charge is -2.10. The van der Waals surface area contributed by atoms with Crippen LogP contribution in [0, 0.1) is 0 Å². The molecule has 358 valence electrons. The van der Waals surface area contributed by atoms with Crippen molar-refractivity contribution >= 4 is 141 Å². The van der Waals surface area contributed by atoms with E-state index >= 15 is 0 Å². The van der Waals surface area contributed by atoms with E-state index in [2.05, 4.69) is 273 Å². The third-order valence-electron chi connectivity index (χ3n) is 17.7. The molecule has 0 aliphatic carbocycles. The lowest BCUT2D eigenvalue weighted by atomic mass is 9.96. The maximum atomic E-state index is 2.63. The van der Waals surface area contributed by atoms with Gasteiger partial charge < -0.3 is 17.9 Å². The van der Waals surface area contributed by atoms with Crippen molar-refractivity contribution in [2.45, 2.75) is 0 Å². The van der Waals surface area contributed by atoms with Crippen molar-refractivity contribution in [1.82, 2.24) is 17.9 Å². The quantitative estimate of drug-likeness (QED) is 0.167. The molecular formula is C74H42N4. The van der Waals surface area contributed by atoms with Crippen molar-refractivity contribution in [3.63, 3.8) is 0 Å². The number of fused-ring (bicyclic) bond motifs is 22. The molecule has 0 atom stereocenters. The van der Waals surface area contributed by atoms with E-state index in [-0.39, 0.29) is 0 Å². The van der Waals surface area contributed by atoms with E-state index in [0.717, 1.165) is 11.4 Å². The van der Waals surface area contributed by atoms with Crippen LogP contribution in [0.4, 0.5) is 0 Å². The van der Waals surface area contributed by atoms with Crippen molar-refractivity contribution in [2.24, 2.45) is 0 Å². The van der Waals surface area contributed by atoms with E-state index in [0.29, 0.717) is 0 Å². The number of hydrogen-bond donors (Lipinski definition) is 0. The van der Waals surface area contributed by atoms with Crippen LogP contribution in [0.1, 0.15) is 0 Å². The molecule has 0 aliphatic heterocycles. The number of benzene rings is 13. The predicted octanol–water partition coefficient (Wildman–Crippen LogP) is 19.8. The third kappa shape index (κ3) is 5.10. The molecular weight excluding hydrogens is 945 g/mol. The molecule has 6 aromatic heterocycles. The zero-order valence-corrected chi connectivity index (χ0v) is 42.0. The first-order chi connectivity index (χ1) is 38.7. The Morgan fingerprint density at radius 3 is 1.04 bits per heavy atom. The van der Waals surface area contributed by atoms with Gasteiger partial charge in [-0.25, -0.2) is 0 Å². The van der Waals surface area contributed by atoms with Crippen LogP contribution in [0.25, 0.3) is 175 Å². The largest absolute Gasteiger partial charge is 0.309 e. The molecule has 0 saturated carbocycles. The second kappa shape index (κ2) is 14.7. The van der Waals surface area contributed by atoms with E-state index in [9.17, 15) is 0 Å². The van der Waals surface area contributed by atoms with Gasteiger partial charge in [-0.3, -0.25) is 0 Å². The Morgan fingerprint density at radius 1 is 0.205 bits per heavy atom. The average Bonchev–Trinajstić information content (AvgIpc) is 3.83. The summed E-state index contributed by atoms with van der Waals surface area (Å²) < 4.78 is 10.1. The van der Waals surface area contributed by atoms with Gasteiger partial charge in [-0.05, 0) is 118 Å². The first-order valence-electron chi connectivity index (χ1n) is 27.1. The van der Waals surface area contributed by atoms with E-state index in [1.165, 1.54) is 164 Å². The fourth-order valence-electron chi connectivity index (χ4n) is 14.6. The Kier molecular flexibility index (Phi) is 7.71. The number of para-hydroxylation sites is 6. The number of nitrogens with zero attached hydrogens (tertiary/aromatic N) is 4. The normalized spacial score (nSPS) is 12.6. The Bertz CT molecular complexity index is 5430. The van der Waals surface area contributed by atoms with Crippen LogP contribution in [0.5, 0.6) is 0 Å². The van der Waals surface area contributed by atoms with Crippen molar-refractivity contribution < 1.29 is 0 Å². The van der Waals surface area contributed by atoms with Crippen molar-refractivity contribution in [3.8, 4) is 33.6 Å². The summed E-state index contributed by atoms with van der Waals surface area (Å²) in [5, 5.41) is 20.3.